The third-order valence-corrected chi connectivity index (χ3v) is 7.12. The van der Waals surface area contributed by atoms with Gasteiger partial charge in [0.05, 0.1) is 12.6 Å². The number of hydrogen-bond donors (Lipinski definition) is 1. The molecule has 184 valence electrons. The van der Waals surface area contributed by atoms with Gasteiger partial charge in [-0.2, -0.15) is 0 Å². The molecule has 0 spiro atoms. The van der Waals surface area contributed by atoms with Crippen molar-refractivity contribution in [2.75, 3.05) is 26.2 Å². The fourth-order valence-corrected chi connectivity index (χ4v) is 5.33. The van der Waals surface area contributed by atoms with Crippen molar-refractivity contribution in [3.05, 3.63) is 41.5 Å². The van der Waals surface area contributed by atoms with E-state index in [2.05, 4.69) is 5.32 Å². The van der Waals surface area contributed by atoms with Crippen molar-refractivity contribution >= 4 is 23.9 Å². The number of halogens is 2. The normalized spacial score (nSPS) is 26.0. The minimum atomic E-state index is -0.964. The Morgan fingerprint density at radius 1 is 1.21 bits per heavy atom. The Morgan fingerprint density at radius 3 is 2.62 bits per heavy atom. The fourth-order valence-electron chi connectivity index (χ4n) is 5.33. The second-order valence-electron chi connectivity index (χ2n) is 9.31. The molecule has 3 aliphatic heterocycles. The zero-order valence-corrected chi connectivity index (χ0v) is 19.4. The number of piperidine rings is 1. The number of nitrogens with one attached hydrogen (secondary N) is 1. The van der Waals surface area contributed by atoms with Gasteiger partial charge in [-0.25, -0.2) is 13.6 Å². The summed E-state index contributed by atoms with van der Waals surface area (Å²) in [6.45, 7) is 3.83. The first-order valence-electron chi connectivity index (χ1n) is 12.0. The summed E-state index contributed by atoms with van der Waals surface area (Å²) in [4.78, 5) is 41.9. The highest BCUT2D eigenvalue weighted by Crippen LogP contribution is 2.37. The second kappa shape index (κ2) is 10.2. The highest BCUT2D eigenvalue weighted by molar-refractivity contribution is 6.07. The standard InChI is InChI=1S/C25H31F2N3O4/c1-2-11-25(23(32)30(24(33)28-25)16-19-4-3-14-34-19)18-9-12-29(13-10-18)22(31)8-6-17-5-7-20(26)21(27)15-17/h5-8,15,18-19H,2-4,9-14,16H2,1H3,(H,28,33)/b8-6+. The van der Waals surface area contributed by atoms with E-state index in [1.807, 2.05) is 6.92 Å². The second-order valence-corrected chi connectivity index (χ2v) is 9.31. The molecular formula is C25H31F2N3O4. The van der Waals surface area contributed by atoms with Crippen LogP contribution >= 0.6 is 0 Å². The van der Waals surface area contributed by atoms with Crippen LogP contribution in [-0.2, 0) is 14.3 Å². The molecule has 0 bridgehead atoms. The first-order chi connectivity index (χ1) is 16.3. The average molecular weight is 476 g/mol. The first kappa shape index (κ1) is 24.3. The number of carbonyl (C=O) groups is 3. The van der Waals surface area contributed by atoms with Gasteiger partial charge in [-0.1, -0.05) is 19.4 Å². The molecule has 4 amide bonds. The van der Waals surface area contributed by atoms with Crippen molar-refractivity contribution in [3.8, 4) is 0 Å². The number of rotatable bonds is 7. The van der Waals surface area contributed by atoms with Crippen molar-refractivity contribution in [3.63, 3.8) is 0 Å². The summed E-state index contributed by atoms with van der Waals surface area (Å²) in [5, 5.41) is 3.01. The predicted octanol–water partition coefficient (Wildman–Crippen LogP) is 3.49. The lowest BCUT2D eigenvalue weighted by atomic mass is 9.74. The number of benzene rings is 1. The highest BCUT2D eigenvalue weighted by Gasteiger charge is 2.55. The first-order valence-corrected chi connectivity index (χ1v) is 12.0. The van der Waals surface area contributed by atoms with Gasteiger partial charge in [0.25, 0.3) is 5.91 Å². The Hall–Kier alpha value is -2.81. The van der Waals surface area contributed by atoms with Crippen LogP contribution in [0.25, 0.3) is 6.08 Å². The third-order valence-electron chi connectivity index (χ3n) is 7.12. The maximum atomic E-state index is 13.5. The van der Waals surface area contributed by atoms with Gasteiger partial charge in [-0.15, -0.1) is 0 Å². The molecule has 0 aromatic heterocycles. The molecule has 4 rings (SSSR count). The Labute approximate surface area is 198 Å². The minimum absolute atomic E-state index is 0.0716. The van der Waals surface area contributed by atoms with E-state index < -0.39 is 17.2 Å². The van der Waals surface area contributed by atoms with Crippen LogP contribution in [0.3, 0.4) is 0 Å². The zero-order chi connectivity index (χ0) is 24.3. The maximum absolute atomic E-state index is 13.5. The summed E-state index contributed by atoms with van der Waals surface area (Å²) in [6.07, 6.45) is 6.95. The van der Waals surface area contributed by atoms with Gasteiger partial charge in [0.1, 0.15) is 5.54 Å². The minimum Gasteiger partial charge on any atom is -0.376 e. The molecule has 3 fully saturated rings. The maximum Gasteiger partial charge on any atom is 0.325 e. The molecule has 34 heavy (non-hydrogen) atoms. The van der Waals surface area contributed by atoms with Gasteiger partial charge in [0.2, 0.25) is 5.91 Å². The summed E-state index contributed by atoms with van der Waals surface area (Å²) in [7, 11) is 0. The number of imide groups is 1. The monoisotopic (exact) mass is 475 g/mol. The molecule has 1 aromatic carbocycles. The summed E-state index contributed by atoms with van der Waals surface area (Å²) in [6, 6.07) is 3.10. The average Bonchev–Trinajstić information content (AvgIpc) is 3.43. The van der Waals surface area contributed by atoms with Gasteiger partial charge in [-0.05, 0) is 61.8 Å². The van der Waals surface area contributed by atoms with Crippen LogP contribution in [-0.4, -0.2) is 65.5 Å². The molecular weight excluding hydrogens is 444 g/mol. The smallest absolute Gasteiger partial charge is 0.325 e. The molecule has 0 radical (unpaired) electrons. The Balaban J connectivity index is 1.39. The quantitative estimate of drug-likeness (QED) is 0.484. The Bertz CT molecular complexity index is 971. The fraction of sp³-hybridized carbons (Fsp3) is 0.560. The van der Waals surface area contributed by atoms with E-state index in [4.69, 9.17) is 4.74 Å². The van der Waals surface area contributed by atoms with E-state index in [9.17, 15) is 23.2 Å². The van der Waals surface area contributed by atoms with Crippen molar-refractivity contribution < 1.29 is 27.9 Å². The molecule has 0 aliphatic carbocycles. The van der Waals surface area contributed by atoms with Crippen molar-refractivity contribution in [2.45, 2.75) is 57.1 Å². The number of hydrogen-bond acceptors (Lipinski definition) is 4. The molecule has 3 aliphatic rings. The van der Waals surface area contributed by atoms with Gasteiger partial charge >= 0.3 is 6.03 Å². The molecule has 1 aromatic rings. The largest absolute Gasteiger partial charge is 0.376 e. The number of nitrogens with zero attached hydrogens (tertiary/aromatic N) is 2. The third kappa shape index (κ3) is 4.85. The van der Waals surface area contributed by atoms with E-state index in [0.29, 0.717) is 44.5 Å². The number of amides is 4. The number of urea groups is 1. The summed E-state index contributed by atoms with van der Waals surface area (Å²) in [5.41, 5.74) is -0.546. The van der Waals surface area contributed by atoms with Crippen LogP contribution in [0.4, 0.5) is 13.6 Å². The molecule has 2 unspecified atom stereocenters. The van der Waals surface area contributed by atoms with Crippen molar-refractivity contribution in [1.82, 2.24) is 15.1 Å². The highest BCUT2D eigenvalue weighted by atomic mass is 19.2. The number of likely N-dealkylation sites (tertiary alicyclic amines) is 1. The van der Waals surface area contributed by atoms with Crippen LogP contribution in [0.1, 0.15) is 51.0 Å². The van der Waals surface area contributed by atoms with E-state index in [-0.39, 0.29) is 36.4 Å². The molecule has 2 atom stereocenters. The van der Waals surface area contributed by atoms with Gasteiger partial charge in [0, 0.05) is 25.8 Å². The van der Waals surface area contributed by atoms with E-state index in [1.54, 1.807) is 4.90 Å². The van der Waals surface area contributed by atoms with Crippen LogP contribution < -0.4 is 5.32 Å². The number of carbonyl (C=O) groups excluding carboxylic acids is 3. The van der Waals surface area contributed by atoms with Crippen molar-refractivity contribution in [1.29, 1.82) is 0 Å². The van der Waals surface area contributed by atoms with E-state index >= 15 is 0 Å². The molecule has 3 heterocycles. The predicted molar refractivity (Wildman–Crippen MR) is 122 cm³/mol. The Morgan fingerprint density at radius 2 is 1.97 bits per heavy atom. The lowest BCUT2D eigenvalue weighted by Crippen LogP contribution is -2.56. The molecule has 0 saturated carbocycles. The van der Waals surface area contributed by atoms with Crippen LogP contribution in [0, 0.1) is 17.6 Å². The summed E-state index contributed by atoms with van der Waals surface area (Å²) in [5.74, 6) is -2.38. The van der Waals surface area contributed by atoms with Crippen LogP contribution in [0.15, 0.2) is 24.3 Å². The van der Waals surface area contributed by atoms with Gasteiger partial charge in [-0.3, -0.25) is 14.5 Å². The Kier molecular flexibility index (Phi) is 7.30. The zero-order valence-electron chi connectivity index (χ0n) is 19.4. The van der Waals surface area contributed by atoms with Crippen LogP contribution in [0.2, 0.25) is 0 Å². The molecule has 7 nitrogen and oxygen atoms in total. The van der Waals surface area contributed by atoms with E-state index in [1.165, 1.54) is 23.1 Å². The topological polar surface area (TPSA) is 79.0 Å². The lowest BCUT2D eigenvalue weighted by Gasteiger charge is -2.40. The van der Waals surface area contributed by atoms with Crippen molar-refractivity contribution in [2.24, 2.45) is 5.92 Å². The lowest BCUT2D eigenvalue weighted by molar-refractivity contribution is -0.136. The van der Waals surface area contributed by atoms with E-state index in [0.717, 1.165) is 31.4 Å². The molecule has 9 heteroatoms. The summed E-state index contributed by atoms with van der Waals surface area (Å²) >= 11 is 0. The van der Waals surface area contributed by atoms with Crippen LogP contribution in [0.5, 0.6) is 0 Å². The van der Waals surface area contributed by atoms with Gasteiger partial charge in [0.15, 0.2) is 11.6 Å². The van der Waals surface area contributed by atoms with Gasteiger partial charge < -0.3 is 15.0 Å². The SMILES string of the molecule is CCCC1(C2CCN(C(=O)/C=C/c3ccc(F)c(F)c3)CC2)NC(=O)N(CC2CCCO2)C1=O. The summed E-state index contributed by atoms with van der Waals surface area (Å²) < 4.78 is 32.1. The molecule has 1 N–H and O–H groups in total. The molecule has 3 saturated heterocycles. The number of ether oxygens (including phenoxy) is 1.